The van der Waals surface area contributed by atoms with Crippen LogP contribution in [-0.4, -0.2) is 35.1 Å². The molecule has 0 bridgehead atoms. The summed E-state index contributed by atoms with van der Waals surface area (Å²) >= 11 is 4.36. The summed E-state index contributed by atoms with van der Waals surface area (Å²) in [6, 6.07) is 4.82. The number of nitrogens with two attached hydrogens (primary N) is 1. The number of nitrogen functional groups attached to an aromatic ring is 1. The van der Waals surface area contributed by atoms with Gasteiger partial charge >= 0.3 is 13.1 Å². The summed E-state index contributed by atoms with van der Waals surface area (Å²) < 4.78 is 12.0. The molecule has 23 heavy (non-hydrogen) atoms. The lowest BCUT2D eigenvalue weighted by Crippen LogP contribution is -2.41. The van der Waals surface area contributed by atoms with Gasteiger partial charge in [-0.2, -0.15) is 12.6 Å². The van der Waals surface area contributed by atoms with Crippen molar-refractivity contribution in [2.45, 2.75) is 38.9 Å². The van der Waals surface area contributed by atoms with Crippen molar-refractivity contribution in [1.82, 2.24) is 0 Å². The van der Waals surface area contributed by atoms with Gasteiger partial charge in [-0.05, 0) is 50.9 Å². The maximum Gasteiger partial charge on any atom is 0.491 e. The lowest BCUT2D eigenvalue weighted by atomic mass is 9.78. The second-order valence-electron chi connectivity index (χ2n) is 6.62. The van der Waals surface area contributed by atoms with Crippen LogP contribution >= 0.6 is 12.6 Å². The molecular formula is C16H22BNO4S. The van der Waals surface area contributed by atoms with Gasteiger partial charge < -0.3 is 20.1 Å². The van der Waals surface area contributed by atoms with Crippen molar-refractivity contribution in [3.8, 4) is 0 Å². The molecule has 1 aliphatic rings. The van der Waals surface area contributed by atoms with E-state index in [1.54, 1.807) is 12.1 Å². The van der Waals surface area contributed by atoms with Crippen LogP contribution in [-0.2, 0) is 9.31 Å². The lowest BCUT2D eigenvalue weighted by Gasteiger charge is -2.32. The molecule has 0 unspecified atom stereocenters. The zero-order valence-corrected chi connectivity index (χ0v) is 14.7. The molecule has 2 rings (SSSR count). The van der Waals surface area contributed by atoms with Gasteiger partial charge in [0.25, 0.3) is 0 Å². The third kappa shape index (κ3) is 3.57. The van der Waals surface area contributed by atoms with Gasteiger partial charge in [0.1, 0.15) is 0 Å². The van der Waals surface area contributed by atoms with Gasteiger partial charge in [-0.15, -0.1) is 0 Å². The maximum atomic E-state index is 11.0. The van der Waals surface area contributed by atoms with Crippen LogP contribution in [0.2, 0.25) is 0 Å². The molecule has 0 saturated carbocycles. The molecule has 1 aliphatic heterocycles. The molecule has 0 radical (unpaired) electrons. The van der Waals surface area contributed by atoms with E-state index in [1.165, 1.54) is 6.07 Å². The maximum absolute atomic E-state index is 11.0. The van der Waals surface area contributed by atoms with Gasteiger partial charge in [-0.3, -0.25) is 0 Å². The van der Waals surface area contributed by atoms with E-state index in [9.17, 15) is 4.79 Å². The molecule has 1 fully saturated rings. The quantitative estimate of drug-likeness (QED) is 0.448. The topological polar surface area (TPSA) is 81.8 Å². The highest BCUT2D eigenvalue weighted by Crippen LogP contribution is 2.39. The van der Waals surface area contributed by atoms with Crippen LogP contribution in [0.15, 0.2) is 23.7 Å². The number of benzene rings is 1. The number of carboxylic acid groups (broad SMARTS) is 1. The fourth-order valence-electron chi connectivity index (χ4n) is 2.26. The normalized spacial score (nSPS) is 19.9. The Balaban J connectivity index is 2.30. The molecule has 0 aliphatic carbocycles. The molecule has 1 saturated heterocycles. The second-order valence-corrected chi connectivity index (χ2v) is 6.93. The summed E-state index contributed by atoms with van der Waals surface area (Å²) in [5.74, 6) is -0.587. The van der Waals surface area contributed by atoms with Gasteiger partial charge in [-0.1, -0.05) is 12.1 Å². The first-order chi connectivity index (χ1) is 10.6. The molecule has 0 aromatic heterocycles. The van der Waals surface area contributed by atoms with E-state index in [2.05, 4.69) is 12.6 Å². The number of thiol groups is 1. The minimum atomic E-state index is -1.04. The highest BCUT2D eigenvalue weighted by molar-refractivity contribution is 7.80. The minimum Gasteiger partial charge on any atom is -0.478 e. The van der Waals surface area contributed by atoms with Crippen molar-refractivity contribution in [2.75, 3.05) is 11.5 Å². The minimum absolute atomic E-state index is 0.0882. The van der Waals surface area contributed by atoms with Crippen molar-refractivity contribution in [3.63, 3.8) is 0 Å². The molecule has 3 N–H and O–H groups in total. The Morgan fingerprint density at radius 3 is 2.30 bits per heavy atom. The Morgan fingerprint density at radius 1 is 1.30 bits per heavy atom. The Bertz CT molecular complexity index is 641. The summed E-state index contributed by atoms with van der Waals surface area (Å²) in [6.45, 7) is 7.96. The number of carboxylic acids is 1. The van der Waals surface area contributed by atoms with Crippen LogP contribution in [0.25, 0.3) is 6.08 Å². The van der Waals surface area contributed by atoms with Crippen LogP contribution in [0.1, 0.15) is 43.6 Å². The van der Waals surface area contributed by atoms with Gasteiger partial charge in [0.05, 0.1) is 16.8 Å². The lowest BCUT2D eigenvalue weighted by molar-refractivity contribution is 0.00578. The van der Waals surface area contributed by atoms with E-state index in [0.717, 1.165) is 11.0 Å². The van der Waals surface area contributed by atoms with Crippen LogP contribution in [0.4, 0.5) is 5.69 Å². The SMILES string of the molecule is CC1(C)OB(C(=Cc2ccc(C(=O)O)c(N)c2)CS)OC1(C)C. The average Bonchev–Trinajstić information content (AvgIpc) is 2.64. The van der Waals surface area contributed by atoms with Gasteiger partial charge in [0.15, 0.2) is 0 Å². The Labute approximate surface area is 142 Å². The van der Waals surface area contributed by atoms with Crippen LogP contribution < -0.4 is 5.73 Å². The van der Waals surface area contributed by atoms with Crippen molar-refractivity contribution >= 4 is 37.5 Å². The highest BCUT2D eigenvalue weighted by Gasteiger charge is 2.52. The number of rotatable bonds is 4. The molecule has 1 aromatic rings. The first kappa shape index (κ1) is 17.9. The standard InChI is InChI=1S/C16H22BNO4S/c1-15(2)16(3,4)22-17(21-15)11(9-23)7-10-5-6-12(14(19)20)13(18)8-10/h5-8,23H,9,18H2,1-4H3,(H,19,20). The third-order valence-corrected chi connectivity index (χ3v) is 4.76. The van der Waals surface area contributed by atoms with Gasteiger partial charge in [0, 0.05) is 11.4 Å². The predicted molar refractivity (Wildman–Crippen MR) is 95.7 cm³/mol. The molecule has 1 aromatic carbocycles. The van der Waals surface area contributed by atoms with Crippen molar-refractivity contribution in [3.05, 3.63) is 34.8 Å². The zero-order valence-electron chi connectivity index (χ0n) is 13.8. The molecule has 5 nitrogen and oxygen atoms in total. The number of hydrogen-bond donors (Lipinski definition) is 3. The van der Waals surface area contributed by atoms with Gasteiger partial charge in [-0.25, -0.2) is 4.79 Å². The van der Waals surface area contributed by atoms with E-state index in [-0.39, 0.29) is 11.3 Å². The molecule has 7 heteroatoms. The number of hydrogen-bond acceptors (Lipinski definition) is 5. The largest absolute Gasteiger partial charge is 0.491 e. The zero-order chi connectivity index (χ0) is 17.4. The van der Waals surface area contributed by atoms with E-state index in [4.69, 9.17) is 20.1 Å². The summed E-state index contributed by atoms with van der Waals surface area (Å²) in [6.07, 6.45) is 1.87. The number of aromatic carboxylic acids is 1. The van der Waals surface area contributed by atoms with Crippen LogP contribution in [0.5, 0.6) is 0 Å². The molecule has 124 valence electrons. The van der Waals surface area contributed by atoms with E-state index >= 15 is 0 Å². The smallest absolute Gasteiger partial charge is 0.478 e. The summed E-state index contributed by atoms with van der Waals surface area (Å²) in [5, 5.41) is 9.02. The van der Waals surface area contributed by atoms with Crippen molar-refractivity contribution in [1.29, 1.82) is 0 Å². The van der Waals surface area contributed by atoms with Crippen LogP contribution in [0, 0.1) is 0 Å². The summed E-state index contributed by atoms with van der Waals surface area (Å²) in [4.78, 5) is 11.0. The molecule has 0 amide bonds. The Hall–Kier alpha value is -1.44. The fraction of sp³-hybridized carbons (Fsp3) is 0.438. The first-order valence-corrected chi connectivity index (χ1v) is 8.00. The summed E-state index contributed by atoms with van der Waals surface area (Å²) in [7, 11) is -0.488. The first-order valence-electron chi connectivity index (χ1n) is 7.37. The van der Waals surface area contributed by atoms with Gasteiger partial charge in [0.2, 0.25) is 0 Å². The third-order valence-electron chi connectivity index (χ3n) is 4.40. The molecule has 0 spiro atoms. The average molecular weight is 335 g/mol. The molecular weight excluding hydrogens is 313 g/mol. The van der Waals surface area contributed by atoms with Crippen LogP contribution in [0.3, 0.4) is 0 Å². The Morgan fingerprint density at radius 2 is 1.87 bits per heavy atom. The molecule has 1 heterocycles. The highest BCUT2D eigenvalue weighted by atomic mass is 32.1. The second kappa shape index (κ2) is 6.22. The van der Waals surface area contributed by atoms with E-state index < -0.39 is 24.3 Å². The fourth-order valence-corrected chi connectivity index (χ4v) is 2.50. The van der Waals surface area contributed by atoms with Crippen molar-refractivity contribution in [2.24, 2.45) is 0 Å². The Kier molecular flexibility index (Phi) is 4.85. The van der Waals surface area contributed by atoms with Crippen molar-refractivity contribution < 1.29 is 19.2 Å². The predicted octanol–water partition coefficient (Wildman–Crippen LogP) is 2.91. The monoisotopic (exact) mass is 335 g/mol. The number of carbonyl (C=O) groups is 1. The van der Waals surface area contributed by atoms with E-state index in [0.29, 0.717) is 5.75 Å². The summed E-state index contributed by atoms with van der Waals surface area (Å²) in [5.41, 5.74) is 6.89. The molecule has 0 atom stereocenters. The number of anilines is 1. The van der Waals surface area contributed by atoms with E-state index in [1.807, 2.05) is 33.8 Å².